The molecule has 0 aliphatic rings. The van der Waals surface area contributed by atoms with Gasteiger partial charge in [-0.15, -0.1) is 0 Å². The lowest BCUT2D eigenvalue weighted by atomic mass is 10.4. The van der Waals surface area contributed by atoms with Gasteiger partial charge in [0, 0.05) is 0 Å². The summed E-state index contributed by atoms with van der Waals surface area (Å²) in [6.45, 7) is 4.27. The van der Waals surface area contributed by atoms with Crippen molar-refractivity contribution in [1.82, 2.24) is 0 Å². The zero-order valence-corrected chi connectivity index (χ0v) is 8.92. The van der Waals surface area contributed by atoms with Gasteiger partial charge in [-0.3, -0.25) is 4.18 Å². The lowest BCUT2D eigenvalue weighted by Gasteiger charge is -2.12. The summed E-state index contributed by atoms with van der Waals surface area (Å²) in [6, 6.07) is 0. The first-order valence-electron chi connectivity index (χ1n) is 3.81. The first kappa shape index (κ1) is 12.4. The summed E-state index contributed by atoms with van der Waals surface area (Å²) in [5, 5.41) is -0.667. The zero-order chi connectivity index (χ0) is 10.6. The number of methoxy groups -OCH3 is 1. The Bertz CT molecular complexity index is 267. The molecule has 0 amide bonds. The molecule has 0 bridgehead atoms. The predicted octanol–water partition coefficient (Wildman–Crippen LogP) is 0.303. The van der Waals surface area contributed by atoms with Crippen molar-refractivity contribution in [1.29, 1.82) is 0 Å². The second-order valence-corrected chi connectivity index (χ2v) is 4.92. The molecule has 0 fully saturated rings. The van der Waals surface area contributed by atoms with Crippen LogP contribution in [0.1, 0.15) is 20.8 Å². The quantitative estimate of drug-likeness (QED) is 0.493. The molecule has 1 atom stereocenters. The van der Waals surface area contributed by atoms with Crippen LogP contribution in [0.2, 0.25) is 0 Å². The summed E-state index contributed by atoms with van der Waals surface area (Å²) in [4.78, 5) is 10.8. The second kappa shape index (κ2) is 4.57. The number of ether oxygens (including phenoxy) is 1. The van der Waals surface area contributed by atoms with Crippen LogP contribution in [-0.2, 0) is 23.8 Å². The molecule has 0 saturated heterocycles. The number of hydrogen-bond donors (Lipinski definition) is 0. The van der Waals surface area contributed by atoms with Crippen LogP contribution < -0.4 is 0 Å². The Morgan fingerprint density at radius 1 is 1.23 bits per heavy atom. The van der Waals surface area contributed by atoms with E-state index in [-0.39, 0.29) is 0 Å². The predicted molar refractivity (Wildman–Crippen MR) is 46.6 cm³/mol. The number of carbonyl (C=O) groups excluding carboxylic acids is 1. The van der Waals surface area contributed by atoms with E-state index in [4.69, 9.17) is 0 Å². The fraction of sp³-hybridized carbons (Fsp3) is 0.857. The standard InChI is InChI=1S/C7H14O5S/c1-5(2)13(9,10)12-6(3)7(8)11-4/h5-6H,1-4H3. The Kier molecular flexibility index (Phi) is 4.35. The van der Waals surface area contributed by atoms with E-state index in [9.17, 15) is 13.2 Å². The van der Waals surface area contributed by atoms with Crippen LogP contribution in [0.3, 0.4) is 0 Å². The molecule has 0 heterocycles. The highest BCUT2D eigenvalue weighted by Gasteiger charge is 2.24. The van der Waals surface area contributed by atoms with Crippen molar-refractivity contribution in [2.24, 2.45) is 0 Å². The summed E-state index contributed by atoms with van der Waals surface area (Å²) in [5.41, 5.74) is 0. The maximum Gasteiger partial charge on any atom is 0.336 e. The van der Waals surface area contributed by atoms with E-state index >= 15 is 0 Å². The molecular formula is C7H14O5S. The van der Waals surface area contributed by atoms with Crippen molar-refractivity contribution < 1.29 is 22.1 Å². The number of hydrogen-bond acceptors (Lipinski definition) is 5. The third-order valence-electron chi connectivity index (χ3n) is 1.39. The zero-order valence-electron chi connectivity index (χ0n) is 8.10. The highest BCUT2D eigenvalue weighted by Crippen LogP contribution is 2.07. The molecule has 6 heteroatoms. The third-order valence-corrected chi connectivity index (χ3v) is 3.10. The van der Waals surface area contributed by atoms with Crippen LogP contribution in [0.4, 0.5) is 0 Å². The Morgan fingerprint density at radius 2 is 1.69 bits per heavy atom. The average molecular weight is 210 g/mol. The Labute approximate surface area is 78.2 Å². The molecule has 1 unspecified atom stereocenters. The Balaban J connectivity index is 4.38. The topological polar surface area (TPSA) is 69.7 Å². The van der Waals surface area contributed by atoms with Gasteiger partial charge in [-0.25, -0.2) is 4.79 Å². The molecule has 0 rings (SSSR count). The van der Waals surface area contributed by atoms with E-state index in [0.29, 0.717) is 0 Å². The Hall–Kier alpha value is -0.620. The van der Waals surface area contributed by atoms with Crippen LogP contribution in [0.15, 0.2) is 0 Å². The van der Waals surface area contributed by atoms with Crippen molar-refractivity contribution >= 4 is 16.1 Å². The van der Waals surface area contributed by atoms with Gasteiger partial charge in [-0.2, -0.15) is 8.42 Å². The van der Waals surface area contributed by atoms with Gasteiger partial charge in [0.25, 0.3) is 10.1 Å². The lowest BCUT2D eigenvalue weighted by Crippen LogP contribution is -2.29. The van der Waals surface area contributed by atoms with Crippen LogP contribution in [-0.4, -0.2) is 32.9 Å². The van der Waals surface area contributed by atoms with E-state index in [1.807, 2.05) is 0 Å². The first-order valence-corrected chi connectivity index (χ1v) is 5.28. The molecule has 0 aromatic carbocycles. The van der Waals surface area contributed by atoms with Crippen LogP contribution >= 0.6 is 0 Å². The minimum atomic E-state index is -3.65. The van der Waals surface area contributed by atoms with Crippen LogP contribution in [0.5, 0.6) is 0 Å². The normalized spacial score (nSPS) is 14.2. The van der Waals surface area contributed by atoms with Crippen LogP contribution in [0.25, 0.3) is 0 Å². The smallest absolute Gasteiger partial charge is 0.336 e. The highest BCUT2D eigenvalue weighted by atomic mass is 32.2. The molecule has 0 aromatic heterocycles. The minimum Gasteiger partial charge on any atom is -0.467 e. The molecule has 0 radical (unpaired) electrons. The number of carbonyl (C=O) groups is 1. The lowest BCUT2D eigenvalue weighted by molar-refractivity contribution is -0.147. The van der Waals surface area contributed by atoms with Crippen molar-refractivity contribution in [2.45, 2.75) is 32.1 Å². The van der Waals surface area contributed by atoms with Crippen molar-refractivity contribution in [3.63, 3.8) is 0 Å². The highest BCUT2D eigenvalue weighted by molar-refractivity contribution is 7.87. The van der Waals surface area contributed by atoms with Gasteiger partial charge >= 0.3 is 5.97 Å². The minimum absolute atomic E-state index is 0.667. The first-order chi connectivity index (χ1) is 5.81. The summed E-state index contributed by atoms with van der Waals surface area (Å²) >= 11 is 0. The number of esters is 1. The molecule has 0 saturated carbocycles. The van der Waals surface area contributed by atoms with Gasteiger partial charge in [0.15, 0.2) is 6.10 Å². The van der Waals surface area contributed by atoms with E-state index < -0.39 is 27.4 Å². The van der Waals surface area contributed by atoms with Crippen molar-refractivity contribution in [3.8, 4) is 0 Å². The Morgan fingerprint density at radius 3 is 2.00 bits per heavy atom. The van der Waals surface area contributed by atoms with Gasteiger partial charge in [-0.05, 0) is 20.8 Å². The molecule has 13 heavy (non-hydrogen) atoms. The summed E-state index contributed by atoms with van der Waals surface area (Å²) in [7, 11) is -2.48. The van der Waals surface area contributed by atoms with E-state index in [2.05, 4.69) is 8.92 Å². The molecule has 0 spiro atoms. The molecule has 0 aliphatic carbocycles. The van der Waals surface area contributed by atoms with Gasteiger partial charge in [0.1, 0.15) is 0 Å². The maximum absolute atomic E-state index is 11.1. The monoisotopic (exact) mass is 210 g/mol. The maximum atomic E-state index is 11.1. The number of rotatable bonds is 4. The molecule has 0 aliphatic heterocycles. The van der Waals surface area contributed by atoms with E-state index in [0.717, 1.165) is 0 Å². The van der Waals surface area contributed by atoms with Gasteiger partial charge in [0.05, 0.1) is 12.4 Å². The van der Waals surface area contributed by atoms with E-state index in [1.54, 1.807) is 0 Å². The van der Waals surface area contributed by atoms with Crippen LogP contribution in [0, 0.1) is 0 Å². The van der Waals surface area contributed by atoms with E-state index in [1.165, 1.54) is 27.9 Å². The fourth-order valence-corrected chi connectivity index (χ4v) is 1.22. The molecule has 78 valence electrons. The van der Waals surface area contributed by atoms with Gasteiger partial charge < -0.3 is 4.74 Å². The summed E-state index contributed by atoms with van der Waals surface area (Å²) < 4.78 is 31.1. The van der Waals surface area contributed by atoms with Gasteiger partial charge in [0.2, 0.25) is 0 Å². The second-order valence-electron chi connectivity index (χ2n) is 2.80. The summed E-state index contributed by atoms with van der Waals surface area (Å²) in [6.07, 6.45) is -1.09. The average Bonchev–Trinajstić information content (AvgIpc) is 2.01. The fourth-order valence-electron chi connectivity index (χ4n) is 0.518. The molecular weight excluding hydrogens is 196 g/mol. The van der Waals surface area contributed by atoms with Crippen molar-refractivity contribution in [2.75, 3.05) is 7.11 Å². The molecule has 0 N–H and O–H groups in total. The molecule has 5 nitrogen and oxygen atoms in total. The van der Waals surface area contributed by atoms with Gasteiger partial charge in [-0.1, -0.05) is 0 Å². The largest absolute Gasteiger partial charge is 0.467 e. The van der Waals surface area contributed by atoms with Crippen molar-refractivity contribution in [3.05, 3.63) is 0 Å². The summed E-state index contributed by atoms with van der Waals surface area (Å²) in [5.74, 6) is -0.704. The molecule has 0 aromatic rings. The third kappa shape index (κ3) is 3.73. The SMILES string of the molecule is COC(=O)C(C)OS(=O)(=O)C(C)C.